The third-order valence-electron chi connectivity index (χ3n) is 6.68. The Kier molecular flexibility index (Phi) is 4.63. The molecule has 0 aliphatic carbocycles. The molecule has 9 heteroatoms. The second-order valence-corrected chi connectivity index (χ2v) is 10.6. The van der Waals surface area contributed by atoms with E-state index in [-0.39, 0.29) is 23.9 Å². The number of nitrogens with zero attached hydrogens (tertiary/aromatic N) is 1. The molecule has 3 aliphatic rings. The fraction of sp³-hybridized carbons (Fsp3) is 0.409. The van der Waals surface area contributed by atoms with Crippen LogP contribution < -0.4 is 10.6 Å². The van der Waals surface area contributed by atoms with Gasteiger partial charge in [0, 0.05) is 30.0 Å². The smallest absolute Gasteiger partial charge is 0.243 e. The van der Waals surface area contributed by atoms with Crippen LogP contribution >= 0.6 is 0 Å². The minimum Gasteiger partial charge on any atom is -0.393 e. The van der Waals surface area contributed by atoms with Crippen LogP contribution in [0.3, 0.4) is 0 Å². The fourth-order valence-electron chi connectivity index (χ4n) is 4.92. The maximum Gasteiger partial charge on any atom is 0.243 e. The van der Waals surface area contributed by atoms with Crippen LogP contribution in [0.4, 0.5) is 11.4 Å². The first kappa shape index (κ1) is 20.4. The van der Waals surface area contributed by atoms with Gasteiger partial charge in [-0.15, -0.1) is 0 Å². The molecule has 0 bridgehead atoms. The van der Waals surface area contributed by atoms with Crippen LogP contribution in [0.2, 0.25) is 0 Å². The van der Waals surface area contributed by atoms with Gasteiger partial charge in [-0.25, -0.2) is 8.42 Å². The molecule has 0 radical (unpaired) electrons. The first-order valence-electron chi connectivity index (χ1n) is 10.4. The summed E-state index contributed by atoms with van der Waals surface area (Å²) in [6.45, 7) is 2.19. The van der Waals surface area contributed by atoms with E-state index in [1.165, 1.54) is 10.4 Å². The number of aliphatic hydroxyl groups excluding tert-OH is 1. The van der Waals surface area contributed by atoms with Gasteiger partial charge in [0.1, 0.15) is 5.60 Å². The summed E-state index contributed by atoms with van der Waals surface area (Å²) in [5.74, 6) is -1.04. The number of fused-ring (bicyclic) bond motifs is 2. The van der Waals surface area contributed by atoms with E-state index < -0.39 is 33.7 Å². The van der Waals surface area contributed by atoms with Crippen LogP contribution in [0.25, 0.3) is 0 Å². The summed E-state index contributed by atoms with van der Waals surface area (Å²) >= 11 is 0. The molecule has 0 spiro atoms. The highest BCUT2D eigenvalue weighted by Crippen LogP contribution is 2.48. The van der Waals surface area contributed by atoms with Gasteiger partial charge in [-0.3, -0.25) is 4.79 Å². The number of nitrogens with one attached hydrogen (secondary N) is 2. The van der Waals surface area contributed by atoms with Crippen LogP contribution in [0.5, 0.6) is 0 Å². The highest BCUT2D eigenvalue weighted by atomic mass is 32.2. The van der Waals surface area contributed by atoms with E-state index in [9.17, 15) is 23.4 Å². The molecule has 0 saturated carbocycles. The van der Waals surface area contributed by atoms with Crippen LogP contribution in [0.1, 0.15) is 36.8 Å². The number of para-hydroxylation sites is 1. The number of hydrogen-bond acceptors (Lipinski definition) is 6. The van der Waals surface area contributed by atoms with Gasteiger partial charge in [0.2, 0.25) is 15.9 Å². The van der Waals surface area contributed by atoms with Gasteiger partial charge in [0.15, 0.2) is 0 Å². The molecular weight excluding hydrogens is 418 g/mol. The number of amides is 1. The van der Waals surface area contributed by atoms with Crippen molar-refractivity contribution in [2.45, 2.75) is 48.3 Å². The summed E-state index contributed by atoms with van der Waals surface area (Å²) < 4.78 is 27.7. The lowest BCUT2D eigenvalue weighted by molar-refractivity contribution is -0.118. The molecule has 3 heterocycles. The lowest BCUT2D eigenvalue weighted by atomic mass is 9.81. The zero-order valence-corrected chi connectivity index (χ0v) is 17.9. The Bertz CT molecular complexity index is 1160. The van der Waals surface area contributed by atoms with E-state index in [2.05, 4.69) is 10.6 Å². The minimum atomic E-state index is -3.75. The molecule has 5 rings (SSSR count). The lowest BCUT2D eigenvalue weighted by Gasteiger charge is -2.31. The Balaban J connectivity index is 1.52. The molecule has 1 amide bonds. The number of benzene rings is 2. The summed E-state index contributed by atoms with van der Waals surface area (Å²) in [6, 6.07) is 11.4. The Labute approximate surface area is 180 Å². The van der Waals surface area contributed by atoms with Crippen molar-refractivity contribution < 1.29 is 23.4 Å². The van der Waals surface area contributed by atoms with E-state index >= 15 is 0 Å². The third-order valence-corrected chi connectivity index (χ3v) is 8.58. The van der Waals surface area contributed by atoms with Crippen molar-refractivity contribution >= 4 is 27.3 Å². The summed E-state index contributed by atoms with van der Waals surface area (Å²) in [7, 11) is -3.75. The van der Waals surface area contributed by atoms with Crippen LogP contribution in [0, 0.1) is 0 Å². The van der Waals surface area contributed by atoms with Gasteiger partial charge in [0.05, 0.1) is 23.0 Å². The van der Waals surface area contributed by atoms with Crippen molar-refractivity contribution in [1.29, 1.82) is 0 Å². The average molecular weight is 444 g/mol. The second-order valence-electron chi connectivity index (χ2n) is 8.67. The highest BCUT2D eigenvalue weighted by Gasteiger charge is 2.51. The monoisotopic (exact) mass is 443 g/mol. The zero-order valence-electron chi connectivity index (χ0n) is 17.1. The summed E-state index contributed by atoms with van der Waals surface area (Å²) in [4.78, 5) is 13.0. The number of sulfonamides is 1. The summed E-state index contributed by atoms with van der Waals surface area (Å²) in [5, 5.41) is 27.1. The number of piperidine rings is 1. The molecule has 2 aromatic carbocycles. The van der Waals surface area contributed by atoms with Crippen molar-refractivity contribution in [2.24, 2.45) is 0 Å². The van der Waals surface area contributed by atoms with Gasteiger partial charge in [-0.2, -0.15) is 4.31 Å². The maximum atomic E-state index is 13.2. The standard InChI is InChI=1S/C22H25N3O5S/c1-22(28)16-4-2-3-5-18(16)23-20(22)19-15-12-14(6-7-17(15)24-21(19)27)31(29,30)25-10-8-13(26)9-11-25/h2-7,12-13,19-20,23,26,28H,8-11H2,1H3,(H,24,27)/t19?,20?,22-/m0/s1. The molecule has 3 aliphatic heterocycles. The molecule has 8 nitrogen and oxygen atoms in total. The predicted molar refractivity (Wildman–Crippen MR) is 115 cm³/mol. The first-order chi connectivity index (χ1) is 14.7. The predicted octanol–water partition coefficient (Wildman–Crippen LogP) is 1.57. The first-order valence-corrected chi connectivity index (χ1v) is 11.8. The molecule has 4 N–H and O–H groups in total. The minimum absolute atomic E-state index is 0.110. The van der Waals surface area contributed by atoms with E-state index in [0.29, 0.717) is 29.7 Å². The largest absolute Gasteiger partial charge is 0.393 e. The topological polar surface area (TPSA) is 119 Å². The van der Waals surface area contributed by atoms with Gasteiger partial charge >= 0.3 is 0 Å². The summed E-state index contributed by atoms with van der Waals surface area (Å²) in [5.41, 5.74) is 1.26. The number of rotatable bonds is 3. The number of carbonyl (C=O) groups excluding carboxylic acids is 1. The number of carbonyl (C=O) groups is 1. The van der Waals surface area contributed by atoms with E-state index in [0.717, 1.165) is 5.69 Å². The van der Waals surface area contributed by atoms with Crippen LogP contribution in [0.15, 0.2) is 47.4 Å². The molecule has 2 unspecified atom stereocenters. The zero-order chi connectivity index (χ0) is 22.0. The maximum absolute atomic E-state index is 13.2. The van der Waals surface area contributed by atoms with E-state index in [1.54, 1.807) is 19.1 Å². The lowest BCUT2D eigenvalue weighted by Crippen LogP contribution is -2.43. The van der Waals surface area contributed by atoms with Crippen molar-refractivity contribution in [3.63, 3.8) is 0 Å². The highest BCUT2D eigenvalue weighted by molar-refractivity contribution is 7.89. The SMILES string of the molecule is C[C@]1(O)c2ccccc2NC1C1C(=O)Nc2ccc(S(=O)(=O)N3CCC(O)CC3)cc21. The Morgan fingerprint density at radius 2 is 1.81 bits per heavy atom. The Morgan fingerprint density at radius 1 is 1.10 bits per heavy atom. The number of anilines is 2. The number of aliphatic hydroxyl groups is 2. The molecule has 0 aromatic heterocycles. The molecule has 1 saturated heterocycles. The molecule has 3 atom stereocenters. The normalized spacial score (nSPS) is 28.7. The quantitative estimate of drug-likeness (QED) is 0.572. The van der Waals surface area contributed by atoms with Crippen molar-refractivity contribution in [1.82, 2.24) is 4.31 Å². The molecule has 164 valence electrons. The number of hydrogen-bond donors (Lipinski definition) is 4. The summed E-state index contributed by atoms with van der Waals surface area (Å²) in [6.07, 6.45) is 0.329. The van der Waals surface area contributed by atoms with Crippen LogP contribution in [-0.2, 0) is 20.4 Å². The fourth-order valence-corrected chi connectivity index (χ4v) is 6.43. The van der Waals surface area contributed by atoms with E-state index in [1.807, 2.05) is 24.3 Å². The van der Waals surface area contributed by atoms with E-state index in [4.69, 9.17) is 0 Å². The van der Waals surface area contributed by atoms with Crippen molar-refractivity contribution in [2.75, 3.05) is 23.7 Å². The molecule has 1 fully saturated rings. The van der Waals surface area contributed by atoms with Gasteiger partial charge in [-0.1, -0.05) is 18.2 Å². The molecule has 31 heavy (non-hydrogen) atoms. The van der Waals surface area contributed by atoms with Gasteiger partial charge in [-0.05, 0) is 49.6 Å². The van der Waals surface area contributed by atoms with Crippen molar-refractivity contribution in [3.8, 4) is 0 Å². The van der Waals surface area contributed by atoms with Crippen molar-refractivity contribution in [3.05, 3.63) is 53.6 Å². The van der Waals surface area contributed by atoms with Crippen LogP contribution in [-0.4, -0.2) is 54.1 Å². The Morgan fingerprint density at radius 3 is 2.52 bits per heavy atom. The average Bonchev–Trinajstić information content (AvgIpc) is 3.20. The third kappa shape index (κ3) is 3.15. The second kappa shape index (κ2) is 7.03. The Hall–Kier alpha value is -2.46. The molecule has 2 aromatic rings. The van der Waals surface area contributed by atoms with Gasteiger partial charge in [0.25, 0.3) is 0 Å². The van der Waals surface area contributed by atoms with Gasteiger partial charge < -0.3 is 20.8 Å². The molecular formula is C22H25N3O5S.